The number of rotatable bonds is 5. The van der Waals surface area contributed by atoms with Gasteiger partial charge in [-0.05, 0) is 28.5 Å². The van der Waals surface area contributed by atoms with Gasteiger partial charge in [-0.3, -0.25) is 9.59 Å². The van der Waals surface area contributed by atoms with Gasteiger partial charge in [0.1, 0.15) is 6.04 Å². The Morgan fingerprint density at radius 2 is 1.59 bits per heavy atom. The molecular weight excluding hydrogens is 516 g/mol. The number of fused-ring (bicyclic) bond motifs is 1. The molecule has 3 heterocycles. The molecule has 1 fully saturated rings. The van der Waals surface area contributed by atoms with Gasteiger partial charge in [-0.2, -0.15) is 0 Å². The van der Waals surface area contributed by atoms with Crippen molar-refractivity contribution >= 4 is 17.8 Å². The molecule has 1 atom stereocenters. The molecule has 0 spiro atoms. The zero-order chi connectivity index (χ0) is 29.1. The van der Waals surface area contributed by atoms with Crippen LogP contribution in [-0.4, -0.2) is 74.3 Å². The summed E-state index contributed by atoms with van der Waals surface area (Å²) in [5.41, 5.74) is 10.7. The zero-order valence-electron chi connectivity index (χ0n) is 24.3. The molecule has 1 aromatic heterocycles. The van der Waals surface area contributed by atoms with Crippen LogP contribution in [0.1, 0.15) is 55.3 Å². The van der Waals surface area contributed by atoms with Gasteiger partial charge < -0.3 is 25.0 Å². The molecule has 0 radical (unpaired) electrons. The minimum absolute atomic E-state index is 0.0827. The first kappa shape index (κ1) is 28.4. The van der Waals surface area contributed by atoms with E-state index < -0.39 is 12.1 Å². The monoisotopic (exact) mass is 556 g/mol. The highest BCUT2D eigenvalue weighted by molar-refractivity contribution is 5.89. The van der Waals surface area contributed by atoms with E-state index in [0.717, 1.165) is 22.5 Å². The summed E-state index contributed by atoms with van der Waals surface area (Å²) in [6.45, 7) is 9.38. The fourth-order valence-electron chi connectivity index (χ4n) is 5.73. The SMILES string of the molecule is CC(C)(C)c1ccc(Cn2cnc3c2CN(C(=O)Cc2ccccc2)C(C(=O)N2CCCN(C(N)=O)CC2)C3)cc1. The van der Waals surface area contributed by atoms with E-state index in [2.05, 4.69) is 49.6 Å². The number of urea groups is 1. The molecule has 1 saturated heterocycles. The van der Waals surface area contributed by atoms with E-state index in [0.29, 0.717) is 52.1 Å². The zero-order valence-corrected chi connectivity index (χ0v) is 24.3. The largest absolute Gasteiger partial charge is 0.351 e. The molecule has 4 amide bonds. The first-order chi connectivity index (χ1) is 19.6. The van der Waals surface area contributed by atoms with Crippen molar-refractivity contribution in [1.82, 2.24) is 24.3 Å². The van der Waals surface area contributed by atoms with Crippen LogP contribution < -0.4 is 5.73 Å². The second-order valence-corrected chi connectivity index (χ2v) is 12.1. The van der Waals surface area contributed by atoms with Gasteiger partial charge in [0.25, 0.3) is 0 Å². The van der Waals surface area contributed by atoms with Crippen molar-refractivity contribution in [2.75, 3.05) is 26.2 Å². The smallest absolute Gasteiger partial charge is 0.314 e. The highest BCUT2D eigenvalue weighted by Gasteiger charge is 2.39. The van der Waals surface area contributed by atoms with Crippen LogP contribution in [0.5, 0.6) is 0 Å². The van der Waals surface area contributed by atoms with Gasteiger partial charge in [0, 0.05) is 39.1 Å². The molecule has 9 nitrogen and oxygen atoms in total. The number of nitrogens with two attached hydrogens (primary N) is 1. The second kappa shape index (κ2) is 11.8. The molecule has 5 rings (SSSR count). The van der Waals surface area contributed by atoms with Gasteiger partial charge in [0.2, 0.25) is 11.8 Å². The van der Waals surface area contributed by atoms with E-state index in [4.69, 9.17) is 10.7 Å². The number of carbonyl (C=O) groups is 3. The predicted octanol–water partition coefficient (Wildman–Crippen LogP) is 3.34. The fourth-order valence-corrected chi connectivity index (χ4v) is 5.73. The minimum Gasteiger partial charge on any atom is -0.351 e. The molecule has 0 aliphatic carbocycles. The Morgan fingerprint density at radius 3 is 2.27 bits per heavy atom. The van der Waals surface area contributed by atoms with Gasteiger partial charge in [0.15, 0.2) is 0 Å². The van der Waals surface area contributed by atoms with Crippen LogP contribution in [-0.2, 0) is 40.9 Å². The van der Waals surface area contributed by atoms with Crippen molar-refractivity contribution in [3.05, 3.63) is 89.0 Å². The second-order valence-electron chi connectivity index (χ2n) is 12.1. The fraction of sp³-hybridized carbons (Fsp3) is 0.438. The number of benzene rings is 2. The molecule has 0 bridgehead atoms. The van der Waals surface area contributed by atoms with Crippen LogP contribution in [0, 0.1) is 0 Å². The maximum atomic E-state index is 13.9. The third kappa shape index (κ3) is 6.45. The summed E-state index contributed by atoms with van der Waals surface area (Å²) in [6, 6.07) is 17.1. The molecular formula is C32H40N6O3. The summed E-state index contributed by atoms with van der Waals surface area (Å²) >= 11 is 0. The lowest BCUT2D eigenvalue weighted by Crippen LogP contribution is -2.55. The normalized spacial score (nSPS) is 17.6. The maximum Gasteiger partial charge on any atom is 0.314 e. The lowest BCUT2D eigenvalue weighted by Gasteiger charge is -2.37. The molecule has 2 aliphatic heterocycles. The van der Waals surface area contributed by atoms with Crippen molar-refractivity contribution in [3.8, 4) is 0 Å². The summed E-state index contributed by atoms with van der Waals surface area (Å²) in [5.74, 6) is -0.188. The number of aromatic nitrogens is 2. The van der Waals surface area contributed by atoms with Gasteiger partial charge >= 0.3 is 6.03 Å². The van der Waals surface area contributed by atoms with Gasteiger partial charge in [-0.15, -0.1) is 0 Å². The number of nitrogens with zero attached hydrogens (tertiary/aromatic N) is 5. The number of carbonyl (C=O) groups excluding carboxylic acids is 3. The average Bonchev–Trinajstić information content (AvgIpc) is 3.16. The first-order valence-electron chi connectivity index (χ1n) is 14.4. The van der Waals surface area contributed by atoms with Crippen molar-refractivity contribution in [2.24, 2.45) is 5.73 Å². The standard InChI is InChI=1S/C32H40N6O3/c1-32(2,3)25-12-10-24(11-13-25)20-37-22-34-26-19-27(30(40)35-14-7-15-36(17-16-35)31(33)41)38(21-28(26)37)29(39)18-23-8-5-4-6-9-23/h4-6,8-13,22,27H,7,14-21H2,1-3H3,(H2,33,41). The summed E-state index contributed by atoms with van der Waals surface area (Å²) < 4.78 is 2.10. The summed E-state index contributed by atoms with van der Waals surface area (Å²) in [7, 11) is 0. The molecule has 0 saturated carbocycles. The predicted molar refractivity (Wildman–Crippen MR) is 157 cm³/mol. The van der Waals surface area contributed by atoms with E-state index >= 15 is 0 Å². The van der Waals surface area contributed by atoms with E-state index in [-0.39, 0.29) is 23.7 Å². The molecule has 2 N–H and O–H groups in total. The number of hydrogen-bond donors (Lipinski definition) is 1. The van der Waals surface area contributed by atoms with Crippen molar-refractivity contribution < 1.29 is 14.4 Å². The van der Waals surface area contributed by atoms with Crippen LogP contribution in [0.3, 0.4) is 0 Å². The highest BCUT2D eigenvalue weighted by atomic mass is 16.2. The van der Waals surface area contributed by atoms with Crippen LogP contribution in [0.15, 0.2) is 60.9 Å². The van der Waals surface area contributed by atoms with E-state index in [9.17, 15) is 14.4 Å². The number of imidazole rings is 1. The van der Waals surface area contributed by atoms with Gasteiger partial charge in [-0.25, -0.2) is 9.78 Å². The topological polar surface area (TPSA) is 105 Å². The first-order valence-corrected chi connectivity index (χ1v) is 14.4. The van der Waals surface area contributed by atoms with Crippen molar-refractivity contribution in [3.63, 3.8) is 0 Å². The minimum atomic E-state index is -0.645. The Bertz CT molecular complexity index is 1390. The summed E-state index contributed by atoms with van der Waals surface area (Å²) in [6.07, 6.45) is 3.05. The number of hydrogen-bond acceptors (Lipinski definition) is 4. The summed E-state index contributed by atoms with van der Waals surface area (Å²) in [4.78, 5) is 49.2. The quantitative estimate of drug-likeness (QED) is 0.521. The Balaban J connectivity index is 1.39. The summed E-state index contributed by atoms with van der Waals surface area (Å²) in [5, 5.41) is 0. The van der Waals surface area contributed by atoms with Crippen molar-refractivity contribution in [2.45, 2.75) is 64.6 Å². The highest BCUT2D eigenvalue weighted by Crippen LogP contribution is 2.27. The third-order valence-electron chi connectivity index (χ3n) is 8.21. The molecule has 1 unspecified atom stereocenters. The molecule has 41 heavy (non-hydrogen) atoms. The molecule has 2 aromatic carbocycles. The Kier molecular flexibility index (Phi) is 8.15. The molecule has 2 aliphatic rings. The Morgan fingerprint density at radius 1 is 0.902 bits per heavy atom. The van der Waals surface area contributed by atoms with Crippen LogP contribution in [0.4, 0.5) is 4.79 Å². The Labute approximate surface area is 241 Å². The van der Waals surface area contributed by atoms with E-state index in [1.807, 2.05) is 36.7 Å². The van der Waals surface area contributed by atoms with E-state index in [1.165, 1.54) is 5.56 Å². The lowest BCUT2D eigenvalue weighted by molar-refractivity contribution is -0.146. The van der Waals surface area contributed by atoms with Crippen LogP contribution in [0.25, 0.3) is 0 Å². The molecule has 9 heteroatoms. The van der Waals surface area contributed by atoms with Crippen LogP contribution in [0.2, 0.25) is 0 Å². The number of amides is 4. The van der Waals surface area contributed by atoms with Crippen molar-refractivity contribution in [1.29, 1.82) is 0 Å². The number of primary amides is 1. The van der Waals surface area contributed by atoms with Gasteiger partial charge in [-0.1, -0.05) is 75.4 Å². The molecule has 216 valence electrons. The average molecular weight is 557 g/mol. The van der Waals surface area contributed by atoms with Crippen LogP contribution >= 0.6 is 0 Å². The Hall–Kier alpha value is -4.14. The maximum absolute atomic E-state index is 13.9. The van der Waals surface area contributed by atoms with Gasteiger partial charge in [0.05, 0.1) is 30.7 Å². The molecule has 3 aromatic rings. The lowest BCUT2D eigenvalue weighted by atomic mass is 9.87. The third-order valence-corrected chi connectivity index (χ3v) is 8.21. The van der Waals surface area contributed by atoms with E-state index in [1.54, 1.807) is 14.7 Å².